The first-order chi connectivity index (χ1) is 3.39. The van der Waals surface area contributed by atoms with Gasteiger partial charge in [0.2, 0.25) is 0 Å². The predicted octanol–water partition coefficient (Wildman–Crippen LogP) is -1.31. The molecular weight excluding hydrogens is 131 g/mol. The fourth-order valence-electron chi connectivity index (χ4n) is 0.902. The van der Waals surface area contributed by atoms with Gasteiger partial charge in [0, 0.05) is 22.6 Å². The van der Waals surface area contributed by atoms with Crippen molar-refractivity contribution in [2.75, 3.05) is 6.61 Å². The monoisotopic (exact) mass is 146 g/mol. The topological polar surface area (TPSA) is 9.23 Å². The van der Waals surface area contributed by atoms with Crippen LogP contribution in [0, 0.1) is 0 Å². The molecule has 1 heterocycles. The normalized spacial score (nSPS) is 29.2. The highest BCUT2D eigenvalue weighted by molar-refractivity contribution is 6.10. The molecule has 0 amide bonds. The van der Waals surface area contributed by atoms with Crippen LogP contribution in [0.1, 0.15) is 19.3 Å². The lowest BCUT2D eigenvalue weighted by molar-refractivity contribution is 0.0675. The van der Waals surface area contributed by atoms with Gasteiger partial charge in [0.05, 0.1) is 0 Å². The quantitative estimate of drug-likeness (QED) is 0.386. The molecule has 0 spiro atoms. The fourth-order valence-corrected chi connectivity index (χ4v) is 1.55. The Balaban J connectivity index is 0.000000490. The zero-order valence-corrected chi connectivity index (χ0v) is 6.81. The van der Waals surface area contributed by atoms with E-state index in [1.807, 2.05) is 0 Å². The van der Waals surface area contributed by atoms with Crippen LogP contribution in [0.25, 0.3) is 0 Å². The molecule has 1 fully saturated rings. The molecule has 0 aliphatic carbocycles. The molecule has 0 bridgehead atoms. The van der Waals surface area contributed by atoms with Crippen LogP contribution >= 0.6 is 0 Å². The van der Waals surface area contributed by atoms with Crippen LogP contribution < -0.4 is 0 Å². The minimum absolute atomic E-state index is 0. The molecule has 0 radical (unpaired) electrons. The Bertz CT molecular complexity index is 54.4. The summed E-state index contributed by atoms with van der Waals surface area (Å²) in [5.41, 5.74) is 0.675. The number of ether oxygens (including phenoxy) is 1. The molecule has 1 aliphatic rings. The first kappa shape index (κ1) is 8.71. The Morgan fingerprint density at radius 2 is 2.12 bits per heavy atom. The van der Waals surface area contributed by atoms with E-state index in [4.69, 9.17) is 4.74 Å². The number of rotatable bonds is 0. The molecule has 1 rings (SSSR count). The maximum atomic E-state index is 5.34. The SMILES string of the molecule is [AlH3].[SiH3]C1CCCCO1. The van der Waals surface area contributed by atoms with Gasteiger partial charge in [-0.1, -0.05) is 0 Å². The average Bonchev–Trinajstić information content (AvgIpc) is 1.69. The average molecular weight is 146 g/mol. The molecule has 1 aliphatic heterocycles. The van der Waals surface area contributed by atoms with Crippen molar-refractivity contribution in [3.8, 4) is 0 Å². The highest BCUT2D eigenvalue weighted by atomic mass is 28.1. The standard InChI is InChI=1S/C5H12OSi.Al.3H/c7-5-3-1-2-4-6-5;;;;/h5H,1-4H2,7H3;;;;. The summed E-state index contributed by atoms with van der Waals surface area (Å²) in [5, 5.41) is 0. The molecule has 0 aromatic heterocycles. The Morgan fingerprint density at radius 1 is 1.38 bits per heavy atom. The van der Waals surface area contributed by atoms with E-state index < -0.39 is 0 Å². The van der Waals surface area contributed by atoms with Crippen molar-refractivity contribution < 1.29 is 4.74 Å². The van der Waals surface area contributed by atoms with Crippen LogP contribution in [-0.2, 0) is 4.74 Å². The van der Waals surface area contributed by atoms with Gasteiger partial charge >= 0.3 is 0 Å². The molecule has 1 nitrogen and oxygen atoms in total. The van der Waals surface area contributed by atoms with E-state index in [1.54, 1.807) is 0 Å². The summed E-state index contributed by atoms with van der Waals surface area (Å²) in [4.78, 5) is 0. The zero-order chi connectivity index (χ0) is 5.11. The first-order valence-corrected chi connectivity index (χ1v) is 4.16. The van der Waals surface area contributed by atoms with Crippen LogP contribution in [0.4, 0.5) is 0 Å². The molecule has 3 heteroatoms. The van der Waals surface area contributed by atoms with Gasteiger partial charge in [-0.3, -0.25) is 0 Å². The van der Waals surface area contributed by atoms with Crippen LogP contribution in [0.5, 0.6) is 0 Å². The van der Waals surface area contributed by atoms with E-state index in [0.29, 0.717) is 5.73 Å². The van der Waals surface area contributed by atoms with Crippen LogP contribution in [0.2, 0.25) is 0 Å². The molecule has 1 saturated heterocycles. The third-order valence-corrected chi connectivity index (χ3v) is 2.32. The van der Waals surface area contributed by atoms with Gasteiger partial charge in [-0.2, -0.15) is 0 Å². The minimum Gasteiger partial charge on any atom is -0.383 e. The molecule has 1 atom stereocenters. The van der Waals surface area contributed by atoms with Gasteiger partial charge in [-0.05, 0) is 19.3 Å². The maximum Gasteiger partial charge on any atom is 0.187 e. The molecule has 0 saturated carbocycles. The van der Waals surface area contributed by atoms with Crippen molar-refractivity contribution in [3.05, 3.63) is 0 Å². The van der Waals surface area contributed by atoms with Crippen molar-refractivity contribution in [2.24, 2.45) is 0 Å². The van der Waals surface area contributed by atoms with Gasteiger partial charge in [0.15, 0.2) is 17.4 Å². The first-order valence-electron chi connectivity index (χ1n) is 3.01. The van der Waals surface area contributed by atoms with Crippen LogP contribution in [0.3, 0.4) is 0 Å². The lowest BCUT2D eigenvalue weighted by Crippen LogP contribution is -2.18. The summed E-state index contributed by atoms with van der Waals surface area (Å²) < 4.78 is 5.34. The van der Waals surface area contributed by atoms with Crippen molar-refractivity contribution in [2.45, 2.75) is 25.0 Å². The summed E-state index contributed by atoms with van der Waals surface area (Å²) in [6.45, 7) is 1.02. The Morgan fingerprint density at radius 3 is 2.38 bits per heavy atom. The summed E-state index contributed by atoms with van der Waals surface area (Å²) in [5.74, 6) is 0. The van der Waals surface area contributed by atoms with E-state index in [9.17, 15) is 0 Å². The molecule has 48 valence electrons. The number of hydrogen-bond acceptors (Lipinski definition) is 1. The fraction of sp³-hybridized carbons (Fsp3) is 1.00. The van der Waals surface area contributed by atoms with E-state index >= 15 is 0 Å². The van der Waals surface area contributed by atoms with Gasteiger partial charge < -0.3 is 4.74 Å². The molecular formula is C5H15AlOSi. The molecule has 0 N–H and O–H groups in total. The minimum atomic E-state index is 0. The van der Waals surface area contributed by atoms with Crippen LogP contribution in [0.15, 0.2) is 0 Å². The summed E-state index contributed by atoms with van der Waals surface area (Å²) >= 11 is 0. The zero-order valence-electron chi connectivity index (χ0n) is 4.81. The highest BCUT2D eigenvalue weighted by Crippen LogP contribution is 2.08. The molecule has 1 unspecified atom stereocenters. The Hall–Kier alpha value is 0.709. The van der Waals surface area contributed by atoms with Crippen molar-refractivity contribution in [3.63, 3.8) is 0 Å². The summed E-state index contributed by atoms with van der Waals surface area (Å²) in [7, 11) is 1.23. The largest absolute Gasteiger partial charge is 0.383 e. The van der Waals surface area contributed by atoms with Gasteiger partial charge in [-0.15, -0.1) is 0 Å². The summed E-state index contributed by atoms with van der Waals surface area (Å²) in [6, 6.07) is 0. The highest BCUT2D eigenvalue weighted by Gasteiger charge is 2.05. The second-order valence-corrected chi connectivity index (χ2v) is 3.47. The van der Waals surface area contributed by atoms with Crippen molar-refractivity contribution in [1.29, 1.82) is 0 Å². The van der Waals surface area contributed by atoms with Crippen molar-refractivity contribution >= 4 is 27.6 Å². The van der Waals surface area contributed by atoms with E-state index in [-0.39, 0.29) is 17.4 Å². The van der Waals surface area contributed by atoms with E-state index in [0.717, 1.165) is 6.61 Å². The van der Waals surface area contributed by atoms with Crippen molar-refractivity contribution in [1.82, 2.24) is 0 Å². The lowest BCUT2D eigenvalue weighted by atomic mass is 10.2. The summed E-state index contributed by atoms with van der Waals surface area (Å²) in [6.07, 6.45) is 4.01. The third-order valence-electron chi connectivity index (χ3n) is 1.41. The second-order valence-electron chi connectivity index (χ2n) is 2.18. The molecule has 0 aromatic rings. The van der Waals surface area contributed by atoms with Gasteiger partial charge in [0.25, 0.3) is 0 Å². The Kier molecular flexibility index (Phi) is 4.98. The van der Waals surface area contributed by atoms with Gasteiger partial charge in [-0.25, -0.2) is 0 Å². The predicted molar refractivity (Wildman–Crippen MR) is 43.5 cm³/mol. The lowest BCUT2D eigenvalue weighted by Gasteiger charge is -2.17. The van der Waals surface area contributed by atoms with E-state index in [1.165, 1.54) is 29.5 Å². The molecule has 8 heavy (non-hydrogen) atoms. The second kappa shape index (κ2) is 4.58. The maximum absolute atomic E-state index is 5.34. The van der Waals surface area contributed by atoms with Crippen LogP contribution in [-0.4, -0.2) is 39.9 Å². The smallest absolute Gasteiger partial charge is 0.187 e. The van der Waals surface area contributed by atoms with Gasteiger partial charge in [0.1, 0.15) is 0 Å². The molecule has 0 aromatic carbocycles. The Labute approximate surface area is 64.4 Å². The third kappa shape index (κ3) is 2.88. The van der Waals surface area contributed by atoms with E-state index in [2.05, 4.69) is 0 Å². The number of hydrogen-bond donors (Lipinski definition) is 0.